The smallest absolute Gasteiger partial charge is 0.456 e. The first-order valence-corrected chi connectivity index (χ1v) is 8.24. The molecule has 0 saturated heterocycles. The molecule has 0 aromatic carbocycles. The van der Waals surface area contributed by atoms with Crippen molar-refractivity contribution in [2.45, 2.75) is 42.9 Å². The third kappa shape index (κ3) is 9.99. The molecule has 0 N–H and O–H groups in total. The second kappa shape index (κ2) is 12.2. The molecule has 4 atom stereocenters. The van der Waals surface area contributed by atoms with Crippen molar-refractivity contribution in [2.24, 2.45) is 0 Å². The number of halogens is 9. The predicted molar refractivity (Wildman–Crippen MR) is 82.4 cm³/mol. The zero-order valence-electron chi connectivity index (χ0n) is 16.8. The Kier molecular flexibility index (Phi) is 11.3. The van der Waals surface area contributed by atoms with Gasteiger partial charge in [0.25, 0.3) is 0 Å². The van der Waals surface area contributed by atoms with Crippen molar-refractivity contribution in [2.75, 3.05) is 34.5 Å². The van der Waals surface area contributed by atoms with Crippen molar-refractivity contribution in [1.82, 2.24) is 0 Å². The molecular weight excluding hydrogens is 495 g/mol. The summed E-state index contributed by atoms with van der Waals surface area (Å²) < 4.78 is 139. The molecule has 194 valence electrons. The minimum Gasteiger partial charge on any atom is -0.456 e. The minimum atomic E-state index is -5.70. The van der Waals surface area contributed by atoms with Crippen LogP contribution in [0.3, 0.4) is 0 Å². The summed E-state index contributed by atoms with van der Waals surface area (Å²) >= 11 is 0. The highest BCUT2D eigenvalue weighted by atomic mass is 19.4. The van der Waals surface area contributed by atoms with Crippen LogP contribution in [0.25, 0.3) is 0 Å². The van der Waals surface area contributed by atoms with Crippen LogP contribution in [0.15, 0.2) is 0 Å². The number of hydrogen-bond acceptors (Lipinski definition) is 9. The Morgan fingerprint density at radius 1 is 0.606 bits per heavy atom. The summed E-state index contributed by atoms with van der Waals surface area (Å²) in [7, 11) is 2.25. The van der Waals surface area contributed by atoms with Crippen LogP contribution >= 0.6 is 0 Å². The maximum absolute atomic E-state index is 12.7. The van der Waals surface area contributed by atoms with E-state index >= 15 is 0 Å². The third-order valence-corrected chi connectivity index (χ3v) is 3.54. The van der Waals surface area contributed by atoms with Crippen LogP contribution in [0.1, 0.15) is 0 Å². The van der Waals surface area contributed by atoms with Gasteiger partial charge >= 0.3 is 36.4 Å². The van der Waals surface area contributed by atoms with Crippen LogP contribution in [-0.4, -0.2) is 95.4 Å². The average molecular weight is 512 g/mol. The van der Waals surface area contributed by atoms with Crippen molar-refractivity contribution in [1.29, 1.82) is 0 Å². The monoisotopic (exact) mass is 512 g/mol. The van der Waals surface area contributed by atoms with E-state index in [1.807, 2.05) is 0 Å². The van der Waals surface area contributed by atoms with Gasteiger partial charge in [-0.3, -0.25) is 0 Å². The molecule has 0 heterocycles. The van der Waals surface area contributed by atoms with Crippen LogP contribution < -0.4 is 0 Å². The Balaban J connectivity index is 6.11. The molecule has 0 saturated carbocycles. The van der Waals surface area contributed by atoms with Crippen LogP contribution in [0, 0.1) is 0 Å². The van der Waals surface area contributed by atoms with Crippen LogP contribution in [0.5, 0.6) is 0 Å². The van der Waals surface area contributed by atoms with Crippen molar-refractivity contribution < 1.29 is 82.3 Å². The number of hydrogen-bond donors (Lipinski definition) is 0. The van der Waals surface area contributed by atoms with Gasteiger partial charge in [-0.25, -0.2) is 14.4 Å². The van der Waals surface area contributed by atoms with Gasteiger partial charge in [0.2, 0.25) is 0 Å². The fourth-order valence-corrected chi connectivity index (χ4v) is 2.14. The van der Waals surface area contributed by atoms with Crippen molar-refractivity contribution in [3.8, 4) is 0 Å². The summed E-state index contributed by atoms with van der Waals surface area (Å²) in [6, 6.07) is 0. The first kappa shape index (κ1) is 30.7. The minimum absolute atomic E-state index is 0.687. The van der Waals surface area contributed by atoms with E-state index in [2.05, 4.69) is 23.7 Å². The molecule has 0 aliphatic rings. The van der Waals surface area contributed by atoms with E-state index in [1.54, 1.807) is 0 Å². The van der Waals surface area contributed by atoms with Gasteiger partial charge < -0.3 is 28.4 Å². The fourth-order valence-electron chi connectivity index (χ4n) is 2.14. The second-order valence-electron chi connectivity index (χ2n) is 5.84. The largest absolute Gasteiger partial charge is 0.490 e. The van der Waals surface area contributed by atoms with Gasteiger partial charge in [-0.05, 0) is 0 Å². The molecule has 9 nitrogen and oxygen atoms in total. The average Bonchev–Trinajstić information content (AvgIpc) is 2.66. The number of esters is 3. The summed E-state index contributed by atoms with van der Waals surface area (Å²) in [6.45, 7) is -2.48. The second-order valence-corrected chi connectivity index (χ2v) is 5.84. The lowest BCUT2D eigenvalue weighted by Crippen LogP contribution is -2.54. The van der Waals surface area contributed by atoms with E-state index in [0.717, 1.165) is 14.2 Å². The standard InChI is InChI=1S/C15H17F9O9/c1-28-4-7(32-11(26)14(19,20)21)9(33-12(27)15(22,23)24)8(30-3)6(29-2)5-31-10(25)13(16,17)18/h6-9H,4-5H2,1-3H3/t6-,7+,8-,9-/m1/s1. The molecule has 0 radical (unpaired) electrons. The quantitative estimate of drug-likeness (QED) is 0.232. The zero-order valence-corrected chi connectivity index (χ0v) is 16.8. The van der Waals surface area contributed by atoms with Crippen molar-refractivity contribution in [3.63, 3.8) is 0 Å². The highest BCUT2D eigenvalue weighted by Gasteiger charge is 2.50. The third-order valence-electron chi connectivity index (χ3n) is 3.54. The highest BCUT2D eigenvalue weighted by Crippen LogP contribution is 2.26. The van der Waals surface area contributed by atoms with Crippen LogP contribution in [0.2, 0.25) is 0 Å². The summed E-state index contributed by atoms with van der Waals surface area (Å²) in [5.74, 6) is -8.66. The maximum Gasteiger partial charge on any atom is 0.490 e. The molecule has 0 aromatic heterocycles. The lowest BCUT2D eigenvalue weighted by molar-refractivity contribution is -0.238. The van der Waals surface area contributed by atoms with Gasteiger partial charge in [0, 0.05) is 21.3 Å². The van der Waals surface area contributed by atoms with Gasteiger partial charge in [-0.2, -0.15) is 39.5 Å². The predicted octanol–water partition coefficient (Wildman–Crippen LogP) is 1.72. The van der Waals surface area contributed by atoms with Gasteiger partial charge in [0.05, 0.1) is 6.61 Å². The number of alkyl halides is 9. The number of rotatable bonds is 11. The van der Waals surface area contributed by atoms with Gasteiger partial charge in [0.15, 0.2) is 12.2 Å². The molecule has 0 spiro atoms. The Bertz CT molecular complexity index is 661. The molecule has 0 bridgehead atoms. The fraction of sp³-hybridized carbons (Fsp3) is 0.800. The number of carbonyl (C=O) groups is 3. The van der Waals surface area contributed by atoms with E-state index in [0.29, 0.717) is 7.11 Å². The van der Waals surface area contributed by atoms with Crippen LogP contribution in [0.4, 0.5) is 39.5 Å². The van der Waals surface area contributed by atoms with E-state index in [1.165, 1.54) is 0 Å². The molecule has 0 unspecified atom stereocenters. The molecule has 0 amide bonds. The first-order valence-electron chi connectivity index (χ1n) is 8.24. The normalized spacial score (nSPS) is 16.4. The van der Waals surface area contributed by atoms with Gasteiger partial charge in [0.1, 0.15) is 18.8 Å². The van der Waals surface area contributed by atoms with Gasteiger partial charge in [-0.1, -0.05) is 0 Å². The van der Waals surface area contributed by atoms with Crippen molar-refractivity contribution >= 4 is 17.9 Å². The number of carbonyl (C=O) groups excluding carboxylic acids is 3. The number of methoxy groups -OCH3 is 3. The Hall–Kier alpha value is -2.34. The topological polar surface area (TPSA) is 107 Å². The molecule has 33 heavy (non-hydrogen) atoms. The van der Waals surface area contributed by atoms with Gasteiger partial charge in [-0.15, -0.1) is 0 Å². The van der Waals surface area contributed by atoms with E-state index in [4.69, 9.17) is 4.74 Å². The molecular formula is C15H17F9O9. The molecule has 0 fully saturated rings. The zero-order chi connectivity index (χ0) is 26.2. The Morgan fingerprint density at radius 3 is 1.42 bits per heavy atom. The highest BCUT2D eigenvalue weighted by molar-refractivity contribution is 5.77. The maximum atomic E-state index is 12.7. The number of ether oxygens (including phenoxy) is 6. The van der Waals surface area contributed by atoms with Crippen LogP contribution in [-0.2, 0) is 42.8 Å². The summed E-state index contributed by atoms with van der Waals surface area (Å²) in [5, 5.41) is 0. The summed E-state index contributed by atoms with van der Waals surface area (Å²) in [4.78, 5) is 33.4. The Morgan fingerprint density at radius 2 is 1.06 bits per heavy atom. The molecule has 0 aliphatic heterocycles. The lowest BCUT2D eigenvalue weighted by Gasteiger charge is -2.35. The van der Waals surface area contributed by atoms with E-state index < -0.39 is 74.1 Å². The SMILES string of the molecule is COC[C@H](OC(=O)C(F)(F)F)[C@@H](OC(=O)C(F)(F)F)[C@H](OC)[C@@H](COC(=O)C(F)(F)F)OC. The van der Waals surface area contributed by atoms with E-state index in [-0.39, 0.29) is 0 Å². The molecule has 0 aromatic rings. The summed E-state index contributed by atoms with van der Waals surface area (Å²) in [5.41, 5.74) is 0. The molecule has 0 aliphatic carbocycles. The Labute approximate surface area is 179 Å². The van der Waals surface area contributed by atoms with Crippen molar-refractivity contribution in [3.05, 3.63) is 0 Å². The lowest BCUT2D eigenvalue weighted by atomic mass is 10.0. The first-order chi connectivity index (χ1) is 14.9. The van der Waals surface area contributed by atoms with E-state index in [9.17, 15) is 53.9 Å². The molecule has 18 heteroatoms. The molecule has 0 rings (SSSR count). The summed E-state index contributed by atoms with van der Waals surface area (Å²) in [6.07, 6.45) is -26.0.